The summed E-state index contributed by atoms with van der Waals surface area (Å²) < 4.78 is 32.6. The maximum atomic E-state index is 13.6. The van der Waals surface area contributed by atoms with Crippen molar-refractivity contribution in [2.75, 3.05) is 26.2 Å². The summed E-state index contributed by atoms with van der Waals surface area (Å²) in [5.41, 5.74) is 1.39. The lowest BCUT2D eigenvalue weighted by Crippen LogP contribution is -2.48. The van der Waals surface area contributed by atoms with Crippen LogP contribution < -0.4 is 4.74 Å². The number of fused-ring (bicyclic) bond motifs is 1. The van der Waals surface area contributed by atoms with Gasteiger partial charge in [0.05, 0.1) is 6.04 Å². The van der Waals surface area contributed by atoms with Crippen molar-refractivity contribution in [1.82, 2.24) is 9.80 Å². The average molecular weight is 513 g/mol. The maximum absolute atomic E-state index is 13.6. The minimum Gasteiger partial charge on any atom is -0.491 e. The van der Waals surface area contributed by atoms with Crippen LogP contribution in [0.5, 0.6) is 5.75 Å². The molecule has 0 fully saturated rings. The molecule has 1 aliphatic rings. The van der Waals surface area contributed by atoms with Crippen LogP contribution in [0.1, 0.15) is 47.1 Å². The first-order chi connectivity index (χ1) is 17.3. The van der Waals surface area contributed by atoms with Gasteiger partial charge < -0.3 is 14.5 Å². The van der Waals surface area contributed by atoms with Gasteiger partial charge in [-0.2, -0.15) is 0 Å². The minimum atomic E-state index is -0.416. The number of carbonyl (C=O) groups is 2. The van der Waals surface area contributed by atoms with Crippen molar-refractivity contribution in [1.29, 1.82) is 0 Å². The van der Waals surface area contributed by atoms with Crippen molar-refractivity contribution in [3.63, 3.8) is 0 Å². The van der Waals surface area contributed by atoms with Gasteiger partial charge in [0.15, 0.2) is 0 Å². The zero-order chi connectivity index (χ0) is 25.7. The number of benzene rings is 2. The first-order valence-electron chi connectivity index (χ1n) is 12.1. The standard InChI is InChI=1S/C28H30F2N2O3S/c1-19(2)11-14-31(28(34)20-3-5-21(29)6-4-20)17-27(33)32-15-12-26-24(13-16-36-26)25(32)18-35-23-9-7-22(30)8-10-23/h3-10,13,16,19,25H,11-12,14-15,17-18H2,1-2H3/t25-/m1/s1. The fourth-order valence-electron chi connectivity index (χ4n) is 4.28. The topological polar surface area (TPSA) is 49.9 Å². The van der Waals surface area contributed by atoms with E-state index in [0.717, 1.165) is 18.4 Å². The molecule has 0 unspecified atom stereocenters. The van der Waals surface area contributed by atoms with Gasteiger partial charge in [-0.05, 0) is 84.3 Å². The third-order valence-corrected chi connectivity index (χ3v) is 7.31. The molecule has 0 spiro atoms. The molecular weight excluding hydrogens is 482 g/mol. The van der Waals surface area contributed by atoms with Crippen LogP contribution in [0.3, 0.4) is 0 Å². The normalized spacial score (nSPS) is 15.0. The van der Waals surface area contributed by atoms with E-state index in [-0.39, 0.29) is 36.8 Å². The van der Waals surface area contributed by atoms with Gasteiger partial charge in [-0.25, -0.2) is 8.78 Å². The number of carbonyl (C=O) groups excluding carboxylic acids is 2. The molecule has 8 heteroatoms. The summed E-state index contributed by atoms with van der Waals surface area (Å²) >= 11 is 1.66. The van der Waals surface area contributed by atoms with Crippen LogP contribution in [0.15, 0.2) is 60.0 Å². The van der Waals surface area contributed by atoms with E-state index in [0.29, 0.717) is 30.3 Å². The largest absolute Gasteiger partial charge is 0.491 e. The van der Waals surface area contributed by atoms with Crippen LogP contribution in [0, 0.1) is 17.6 Å². The molecule has 4 rings (SSSR count). The van der Waals surface area contributed by atoms with Crippen molar-refractivity contribution in [3.05, 3.63) is 87.6 Å². The monoisotopic (exact) mass is 512 g/mol. The number of thiophene rings is 1. The zero-order valence-corrected chi connectivity index (χ0v) is 21.3. The van der Waals surface area contributed by atoms with Crippen molar-refractivity contribution in [2.45, 2.75) is 32.7 Å². The molecule has 5 nitrogen and oxygen atoms in total. The molecule has 0 radical (unpaired) electrons. The Bertz CT molecular complexity index is 1180. The molecule has 3 aromatic rings. The summed E-state index contributed by atoms with van der Waals surface area (Å²) in [7, 11) is 0. The Hall–Kier alpha value is -3.26. The van der Waals surface area contributed by atoms with Crippen LogP contribution in [-0.4, -0.2) is 47.9 Å². The van der Waals surface area contributed by atoms with Gasteiger partial charge in [0.25, 0.3) is 5.91 Å². The highest BCUT2D eigenvalue weighted by molar-refractivity contribution is 7.10. The number of hydrogen-bond donors (Lipinski definition) is 0. The molecule has 1 aliphatic heterocycles. The highest BCUT2D eigenvalue weighted by atomic mass is 32.1. The van der Waals surface area contributed by atoms with Crippen molar-refractivity contribution in [3.8, 4) is 5.75 Å². The van der Waals surface area contributed by atoms with Gasteiger partial charge in [0, 0.05) is 23.5 Å². The molecular formula is C28H30F2N2O3S. The van der Waals surface area contributed by atoms with Gasteiger partial charge in [0.2, 0.25) is 5.91 Å². The fraction of sp³-hybridized carbons (Fsp3) is 0.357. The molecule has 36 heavy (non-hydrogen) atoms. The van der Waals surface area contributed by atoms with Crippen LogP contribution >= 0.6 is 11.3 Å². The quantitative estimate of drug-likeness (QED) is 0.369. The molecule has 0 bridgehead atoms. The predicted octanol–water partition coefficient (Wildman–Crippen LogP) is 5.72. The summed E-state index contributed by atoms with van der Waals surface area (Å²) in [6, 6.07) is 12.9. The van der Waals surface area contributed by atoms with Gasteiger partial charge in [0.1, 0.15) is 30.5 Å². The maximum Gasteiger partial charge on any atom is 0.254 e. The van der Waals surface area contributed by atoms with Gasteiger partial charge >= 0.3 is 0 Å². The lowest BCUT2D eigenvalue weighted by atomic mass is 10.00. The molecule has 2 amide bonds. The Morgan fingerprint density at radius 1 is 1.06 bits per heavy atom. The molecule has 190 valence electrons. The number of rotatable bonds is 9. The molecule has 0 N–H and O–H groups in total. The van der Waals surface area contributed by atoms with Crippen LogP contribution in [-0.2, 0) is 11.2 Å². The van der Waals surface area contributed by atoms with E-state index in [4.69, 9.17) is 4.74 Å². The summed E-state index contributed by atoms with van der Waals surface area (Å²) in [6.07, 6.45) is 1.48. The molecule has 0 saturated carbocycles. The van der Waals surface area contributed by atoms with Crippen LogP contribution in [0.4, 0.5) is 8.78 Å². The predicted molar refractivity (Wildman–Crippen MR) is 136 cm³/mol. The molecule has 2 aromatic carbocycles. The lowest BCUT2D eigenvalue weighted by molar-refractivity contribution is -0.135. The highest BCUT2D eigenvalue weighted by Gasteiger charge is 2.33. The Balaban J connectivity index is 1.52. The van der Waals surface area contributed by atoms with E-state index < -0.39 is 5.82 Å². The SMILES string of the molecule is CC(C)CCN(CC(=O)N1CCc2sccc2[C@H]1COc1ccc(F)cc1)C(=O)c1ccc(F)cc1. The summed E-state index contributed by atoms with van der Waals surface area (Å²) in [6.45, 7) is 5.22. The van der Waals surface area contributed by atoms with Crippen molar-refractivity contribution >= 4 is 23.2 Å². The van der Waals surface area contributed by atoms with Crippen LogP contribution in [0.2, 0.25) is 0 Å². The number of halogens is 2. The summed E-state index contributed by atoms with van der Waals surface area (Å²) in [5, 5.41) is 2.01. The number of ether oxygens (including phenoxy) is 1. The third-order valence-electron chi connectivity index (χ3n) is 6.32. The second-order valence-corrected chi connectivity index (χ2v) is 10.3. The molecule has 0 aliphatic carbocycles. The lowest BCUT2D eigenvalue weighted by Gasteiger charge is -2.37. The van der Waals surface area contributed by atoms with Gasteiger partial charge in [-0.1, -0.05) is 13.8 Å². The Morgan fingerprint density at radius 2 is 1.72 bits per heavy atom. The summed E-state index contributed by atoms with van der Waals surface area (Å²) in [4.78, 5) is 31.4. The Kier molecular flexibility index (Phi) is 8.36. The number of hydrogen-bond acceptors (Lipinski definition) is 4. The van der Waals surface area contributed by atoms with E-state index >= 15 is 0 Å². The average Bonchev–Trinajstić information content (AvgIpc) is 3.35. The molecule has 0 saturated heterocycles. The first-order valence-corrected chi connectivity index (χ1v) is 13.0. The molecule has 1 atom stereocenters. The van der Waals surface area contributed by atoms with Crippen molar-refractivity contribution in [2.24, 2.45) is 5.92 Å². The van der Waals surface area contributed by atoms with Crippen LogP contribution in [0.25, 0.3) is 0 Å². The van der Waals surface area contributed by atoms with Crippen molar-refractivity contribution < 1.29 is 23.1 Å². The Labute approximate surface area is 214 Å². The third kappa shape index (κ3) is 6.29. The molecule has 2 heterocycles. The van der Waals surface area contributed by atoms with Gasteiger partial charge in [-0.15, -0.1) is 11.3 Å². The zero-order valence-electron chi connectivity index (χ0n) is 20.5. The van der Waals surface area contributed by atoms with E-state index in [1.807, 2.05) is 11.4 Å². The first kappa shape index (κ1) is 25.8. The Morgan fingerprint density at radius 3 is 2.39 bits per heavy atom. The fourth-order valence-corrected chi connectivity index (χ4v) is 5.20. The second kappa shape index (κ2) is 11.6. The van der Waals surface area contributed by atoms with E-state index in [1.165, 1.54) is 41.3 Å². The number of nitrogens with zero attached hydrogens (tertiary/aromatic N) is 2. The number of amides is 2. The van der Waals surface area contributed by atoms with E-state index in [9.17, 15) is 18.4 Å². The van der Waals surface area contributed by atoms with E-state index in [1.54, 1.807) is 33.3 Å². The second-order valence-electron chi connectivity index (χ2n) is 9.33. The summed E-state index contributed by atoms with van der Waals surface area (Å²) in [5.74, 6) is -0.348. The highest BCUT2D eigenvalue weighted by Crippen LogP contribution is 2.34. The smallest absolute Gasteiger partial charge is 0.254 e. The van der Waals surface area contributed by atoms with E-state index in [2.05, 4.69) is 13.8 Å². The minimum absolute atomic E-state index is 0.0740. The van der Waals surface area contributed by atoms with Gasteiger partial charge in [-0.3, -0.25) is 9.59 Å². The molecule has 1 aromatic heterocycles.